The highest BCUT2D eigenvalue weighted by atomic mass is 16.5. The maximum absolute atomic E-state index is 13.0. The van der Waals surface area contributed by atoms with Crippen molar-refractivity contribution in [2.45, 2.75) is 45.6 Å². The van der Waals surface area contributed by atoms with E-state index in [2.05, 4.69) is 25.1 Å². The molecule has 0 N–H and O–H groups in total. The van der Waals surface area contributed by atoms with Crippen molar-refractivity contribution in [2.75, 3.05) is 13.7 Å². The Balaban J connectivity index is 1.80. The van der Waals surface area contributed by atoms with Gasteiger partial charge in [0.1, 0.15) is 5.75 Å². The minimum Gasteiger partial charge on any atom is -0.497 e. The average Bonchev–Trinajstić information content (AvgIpc) is 3.12. The summed E-state index contributed by atoms with van der Waals surface area (Å²) in [4.78, 5) is 15.0. The molecule has 118 valence electrons. The predicted octanol–water partition coefficient (Wildman–Crippen LogP) is 3.93. The highest BCUT2D eigenvalue weighted by Crippen LogP contribution is 2.50. The van der Waals surface area contributed by atoms with Gasteiger partial charge in [-0.1, -0.05) is 38.0 Å². The molecule has 3 heteroatoms. The molecule has 0 unspecified atom stereocenters. The van der Waals surface area contributed by atoms with Crippen LogP contribution in [0.4, 0.5) is 0 Å². The van der Waals surface area contributed by atoms with E-state index in [0.29, 0.717) is 12.5 Å². The first-order valence-corrected chi connectivity index (χ1v) is 8.31. The van der Waals surface area contributed by atoms with Crippen LogP contribution < -0.4 is 4.74 Å². The molecule has 22 heavy (non-hydrogen) atoms. The molecule has 2 aliphatic rings. The number of carbonyl (C=O) groups is 1. The van der Waals surface area contributed by atoms with E-state index in [4.69, 9.17) is 4.74 Å². The largest absolute Gasteiger partial charge is 0.497 e. The molecular weight excluding hydrogens is 274 g/mol. The Labute approximate surface area is 133 Å². The molecule has 2 fully saturated rings. The first-order valence-electron chi connectivity index (χ1n) is 8.31. The van der Waals surface area contributed by atoms with Gasteiger partial charge < -0.3 is 9.64 Å². The van der Waals surface area contributed by atoms with Gasteiger partial charge in [0.15, 0.2) is 0 Å². The first-order chi connectivity index (χ1) is 10.7. The number of likely N-dealkylation sites (tertiary alicyclic amines) is 1. The molecule has 1 aromatic carbocycles. The second-order valence-electron chi connectivity index (χ2n) is 6.44. The van der Waals surface area contributed by atoms with Crippen LogP contribution in [-0.2, 0) is 11.3 Å². The van der Waals surface area contributed by atoms with Crippen LogP contribution in [0, 0.1) is 5.41 Å². The van der Waals surface area contributed by atoms with Crippen LogP contribution >= 0.6 is 0 Å². The summed E-state index contributed by atoms with van der Waals surface area (Å²) in [7, 11) is 1.67. The number of benzene rings is 1. The van der Waals surface area contributed by atoms with Crippen LogP contribution in [0.15, 0.2) is 35.9 Å². The Bertz CT molecular complexity index is 568. The first kappa shape index (κ1) is 15.1. The van der Waals surface area contributed by atoms with Crippen molar-refractivity contribution in [3.63, 3.8) is 0 Å². The molecule has 1 aromatic rings. The summed E-state index contributed by atoms with van der Waals surface area (Å²) in [5, 5.41) is 0. The lowest BCUT2D eigenvalue weighted by molar-refractivity contribution is -0.135. The second kappa shape index (κ2) is 6.15. The molecule has 1 aliphatic heterocycles. The molecule has 0 aromatic heterocycles. The predicted molar refractivity (Wildman–Crippen MR) is 87.7 cm³/mol. The van der Waals surface area contributed by atoms with Crippen molar-refractivity contribution in [3.8, 4) is 5.75 Å². The van der Waals surface area contributed by atoms with Gasteiger partial charge in [0.05, 0.1) is 12.5 Å². The van der Waals surface area contributed by atoms with E-state index in [1.807, 2.05) is 17.0 Å². The lowest BCUT2D eigenvalue weighted by Crippen LogP contribution is -2.32. The molecule has 3 rings (SSSR count). The number of hydrogen-bond donors (Lipinski definition) is 0. The van der Waals surface area contributed by atoms with E-state index >= 15 is 0 Å². The number of ether oxygens (including phenoxy) is 1. The van der Waals surface area contributed by atoms with Gasteiger partial charge in [0.2, 0.25) is 5.91 Å². The third-order valence-electron chi connectivity index (χ3n) is 5.11. The minimum atomic E-state index is -0.164. The van der Waals surface area contributed by atoms with Crippen molar-refractivity contribution in [3.05, 3.63) is 41.5 Å². The maximum Gasteiger partial charge on any atom is 0.233 e. The fourth-order valence-electron chi connectivity index (χ4n) is 3.97. The Morgan fingerprint density at radius 3 is 2.50 bits per heavy atom. The SMILES string of the molecule is CC/C=C1\CN(Cc2ccc(OC)cc2)C(=O)C12CCCC2. The number of carbonyl (C=O) groups excluding carboxylic acids is 1. The van der Waals surface area contributed by atoms with Gasteiger partial charge in [-0.15, -0.1) is 0 Å². The van der Waals surface area contributed by atoms with E-state index in [1.54, 1.807) is 7.11 Å². The molecular formula is C19H25NO2. The van der Waals surface area contributed by atoms with Crippen LogP contribution in [0.3, 0.4) is 0 Å². The molecule has 1 amide bonds. The van der Waals surface area contributed by atoms with Gasteiger partial charge >= 0.3 is 0 Å². The minimum absolute atomic E-state index is 0.164. The fraction of sp³-hybridized carbons (Fsp3) is 0.526. The molecule has 1 spiro atoms. The van der Waals surface area contributed by atoms with Crippen LogP contribution in [0.1, 0.15) is 44.6 Å². The molecule has 0 bridgehead atoms. The highest BCUT2D eigenvalue weighted by Gasteiger charge is 2.51. The molecule has 1 aliphatic carbocycles. The van der Waals surface area contributed by atoms with Gasteiger partial charge in [-0.3, -0.25) is 4.79 Å². The Kier molecular flexibility index (Phi) is 4.23. The number of methoxy groups -OCH3 is 1. The van der Waals surface area contributed by atoms with E-state index in [1.165, 1.54) is 24.0 Å². The van der Waals surface area contributed by atoms with Crippen molar-refractivity contribution < 1.29 is 9.53 Å². The molecule has 0 atom stereocenters. The molecule has 0 radical (unpaired) electrons. The quantitative estimate of drug-likeness (QED) is 0.788. The smallest absolute Gasteiger partial charge is 0.233 e. The number of amides is 1. The fourth-order valence-corrected chi connectivity index (χ4v) is 3.97. The van der Waals surface area contributed by atoms with Gasteiger partial charge in [0.25, 0.3) is 0 Å². The number of nitrogens with zero attached hydrogens (tertiary/aromatic N) is 1. The number of allylic oxidation sites excluding steroid dienone is 1. The summed E-state index contributed by atoms with van der Waals surface area (Å²) < 4.78 is 5.20. The summed E-state index contributed by atoms with van der Waals surface area (Å²) in [6, 6.07) is 8.03. The van der Waals surface area contributed by atoms with E-state index in [9.17, 15) is 4.79 Å². The Hall–Kier alpha value is -1.77. The summed E-state index contributed by atoms with van der Waals surface area (Å²) in [6.45, 7) is 3.66. The molecule has 1 saturated carbocycles. The molecule has 1 saturated heterocycles. The highest BCUT2D eigenvalue weighted by molar-refractivity contribution is 5.90. The van der Waals surface area contributed by atoms with Gasteiger partial charge in [-0.25, -0.2) is 0 Å². The summed E-state index contributed by atoms with van der Waals surface area (Å²) in [6.07, 6.45) is 7.75. The third-order valence-corrected chi connectivity index (χ3v) is 5.11. The molecule has 1 heterocycles. The normalized spacial score (nSPS) is 22.0. The van der Waals surface area contributed by atoms with Crippen LogP contribution in [0.5, 0.6) is 5.75 Å². The van der Waals surface area contributed by atoms with Gasteiger partial charge in [0, 0.05) is 13.1 Å². The summed E-state index contributed by atoms with van der Waals surface area (Å²) in [5.74, 6) is 1.20. The lowest BCUT2D eigenvalue weighted by atomic mass is 9.80. The van der Waals surface area contributed by atoms with Gasteiger partial charge in [-0.05, 0) is 42.5 Å². The second-order valence-corrected chi connectivity index (χ2v) is 6.44. The Morgan fingerprint density at radius 2 is 1.91 bits per heavy atom. The zero-order chi connectivity index (χ0) is 15.6. The van der Waals surface area contributed by atoms with Crippen LogP contribution in [0.25, 0.3) is 0 Å². The van der Waals surface area contributed by atoms with Crippen LogP contribution in [0.2, 0.25) is 0 Å². The monoisotopic (exact) mass is 299 g/mol. The van der Waals surface area contributed by atoms with Crippen molar-refractivity contribution >= 4 is 5.91 Å². The third kappa shape index (κ3) is 2.53. The van der Waals surface area contributed by atoms with E-state index < -0.39 is 0 Å². The zero-order valence-electron chi connectivity index (χ0n) is 13.6. The lowest BCUT2D eigenvalue weighted by Gasteiger charge is -2.23. The molecule has 3 nitrogen and oxygen atoms in total. The van der Waals surface area contributed by atoms with Crippen molar-refractivity contribution in [2.24, 2.45) is 5.41 Å². The van der Waals surface area contributed by atoms with E-state index in [-0.39, 0.29) is 5.41 Å². The number of rotatable bonds is 4. The van der Waals surface area contributed by atoms with Crippen molar-refractivity contribution in [1.29, 1.82) is 0 Å². The van der Waals surface area contributed by atoms with Gasteiger partial charge in [-0.2, -0.15) is 0 Å². The average molecular weight is 299 g/mol. The Morgan fingerprint density at radius 1 is 1.23 bits per heavy atom. The zero-order valence-corrected chi connectivity index (χ0v) is 13.6. The topological polar surface area (TPSA) is 29.5 Å². The van der Waals surface area contributed by atoms with E-state index in [0.717, 1.165) is 31.6 Å². The number of hydrogen-bond acceptors (Lipinski definition) is 2. The summed E-state index contributed by atoms with van der Waals surface area (Å²) >= 11 is 0. The van der Waals surface area contributed by atoms with Crippen molar-refractivity contribution in [1.82, 2.24) is 4.90 Å². The van der Waals surface area contributed by atoms with Crippen LogP contribution in [-0.4, -0.2) is 24.5 Å². The summed E-state index contributed by atoms with van der Waals surface area (Å²) in [5.41, 5.74) is 2.37. The maximum atomic E-state index is 13.0. The standard InChI is InChI=1S/C19H25NO2/c1-3-6-16-14-20(18(21)19(16)11-4-5-12-19)13-15-7-9-17(22-2)10-8-15/h6-10H,3-5,11-14H2,1-2H3/b16-6+.